The number of nitrogens with one attached hydrogen (secondary N) is 1. The third-order valence-electron chi connectivity index (χ3n) is 1.77. The van der Waals surface area contributed by atoms with Crippen molar-refractivity contribution in [1.29, 1.82) is 0 Å². The molecule has 0 aliphatic heterocycles. The molecule has 0 fully saturated rings. The van der Waals surface area contributed by atoms with E-state index in [9.17, 15) is 4.79 Å². The lowest BCUT2D eigenvalue weighted by Crippen LogP contribution is -2.29. The van der Waals surface area contributed by atoms with E-state index >= 15 is 0 Å². The van der Waals surface area contributed by atoms with Crippen molar-refractivity contribution in [2.45, 2.75) is 17.7 Å². The zero-order valence-corrected chi connectivity index (χ0v) is 10.6. The van der Waals surface area contributed by atoms with Crippen LogP contribution in [-0.4, -0.2) is 11.7 Å². The molecule has 5 heteroatoms. The van der Waals surface area contributed by atoms with Crippen LogP contribution in [0.3, 0.4) is 0 Å². The van der Waals surface area contributed by atoms with Gasteiger partial charge in [-0.3, -0.25) is 10.2 Å². The number of carbonyl (C=O) groups is 1. The molecule has 0 saturated carbocycles. The number of amides is 1. The summed E-state index contributed by atoms with van der Waals surface area (Å²) < 4.78 is 1.08. The third kappa shape index (κ3) is 5.20. The van der Waals surface area contributed by atoms with Gasteiger partial charge in [-0.1, -0.05) is 22.0 Å². The van der Waals surface area contributed by atoms with Crippen LogP contribution in [0.4, 0.5) is 0 Å². The Labute approximate surface area is 102 Å². The van der Waals surface area contributed by atoms with E-state index in [0.29, 0.717) is 6.42 Å². The maximum atomic E-state index is 10.8. The molecule has 0 bridgehead atoms. The molecule has 15 heavy (non-hydrogen) atoms. The average Bonchev–Trinajstić information content (AvgIpc) is 2.24. The van der Waals surface area contributed by atoms with Gasteiger partial charge < -0.3 is 0 Å². The Balaban J connectivity index is 2.23. The quantitative estimate of drug-likeness (QED) is 0.287. The van der Waals surface area contributed by atoms with Crippen molar-refractivity contribution in [3.05, 3.63) is 28.7 Å². The summed E-state index contributed by atoms with van der Waals surface area (Å²) in [4.78, 5) is 12.0. The van der Waals surface area contributed by atoms with E-state index in [1.807, 2.05) is 12.1 Å². The summed E-state index contributed by atoms with van der Waals surface area (Å²) in [5.74, 6) is 5.79. The number of nitrogens with two attached hydrogens (primary N) is 1. The fourth-order valence-corrected chi connectivity index (χ4v) is 2.51. The molecule has 0 atom stereocenters. The van der Waals surface area contributed by atoms with Crippen molar-refractivity contribution >= 4 is 33.6 Å². The number of halogens is 1. The highest BCUT2D eigenvalue weighted by molar-refractivity contribution is 9.10. The normalized spacial score (nSPS) is 10.0. The van der Waals surface area contributed by atoms with Gasteiger partial charge in [-0.05, 0) is 30.4 Å². The molecule has 0 heterocycles. The number of rotatable bonds is 5. The molecule has 3 N–H and O–H groups in total. The van der Waals surface area contributed by atoms with Gasteiger partial charge in [0.15, 0.2) is 0 Å². The van der Waals surface area contributed by atoms with Crippen molar-refractivity contribution in [3.63, 3.8) is 0 Å². The monoisotopic (exact) mass is 288 g/mol. The summed E-state index contributed by atoms with van der Waals surface area (Å²) >= 11 is 5.15. The highest BCUT2D eigenvalue weighted by Crippen LogP contribution is 2.22. The first-order valence-corrected chi connectivity index (χ1v) is 6.38. The van der Waals surface area contributed by atoms with Crippen molar-refractivity contribution in [2.75, 3.05) is 5.75 Å². The van der Waals surface area contributed by atoms with Gasteiger partial charge in [-0.2, -0.15) is 0 Å². The maximum Gasteiger partial charge on any atom is 0.233 e. The first kappa shape index (κ1) is 12.5. The minimum atomic E-state index is -0.107. The fraction of sp³-hybridized carbons (Fsp3) is 0.300. The van der Waals surface area contributed by atoms with Gasteiger partial charge in [-0.15, -0.1) is 11.8 Å². The molecule has 0 radical (unpaired) electrons. The molecular weight excluding hydrogens is 276 g/mol. The summed E-state index contributed by atoms with van der Waals surface area (Å²) in [6.07, 6.45) is 1.32. The number of carbonyl (C=O) groups excluding carboxylic acids is 1. The van der Waals surface area contributed by atoms with Gasteiger partial charge in [0.1, 0.15) is 0 Å². The predicted octanol–water partition coefficient (Wildman–Crippen LogP) is 2.31. The Hall–Kier alpha value is -0.520. The molecule has 0 spiro atoms. The van der Waals surface area contributed by atoms with Gasteiger partial charge in [-0.25, -0.2) is 5.84 Å². The van der Waals surface area contributed by atoms with Gasteiger partial charge in [0.25, 0.3) is 0 Å². The number of benzene rings is 1. The molecule has 0 aliphatic rings. The molecule has 0 unspecified atom stereocenters. The van der Waals surface area contributed by atoms with Crippen molar-refractivity contribution < 1.29 is 4.79 Å². The molecule has 1 rings (SSSR count). The van der Waals surface area contributed by atoms with E-state index in [4.69, 9.17) is 5.84 Å². The summed E-state index contributed by atoms with van der Waals surface area (Å²) in [5, 5.41) is 0. The van der Waals surface area contributed by atoms with Crippen LogP contribution in [-0.2, 0) is 4.79 Å². The van der Waals surface area contributed by atoms with Gasteiger partial charge in [0.2, 0.25) is 5.91 Å². The van der Waals surface area contributed by atoms with Crippen LogP contribution in [0.2, 0.25) is 0 Å². The maximum absolute atomic E-state index is 10.8. The smallest absolute Gasteiger partial charge is 0.233 e. The number of hydrogen-bond acceptors (Lipinski definition) is 3. The minimum absolute atomic E-state index is 0.107. The molecule has 1 amide bonds. The third-order valence-corrected chi connectivity index (χ3v) is 3.35. The number of hydrazine groups is 1. The predicted molar refractivity (Wildman–Crippen MR) is 66.4 cm³/mol. The summed E-state index contributed by atoms with van der Waals surface area (Å²) in [6.45, 7) is 0. The second-order valence-electron chi connectivity index (χ2n) is 2.98. The van der Waals surface area contributed by atoms with Gasteiger partial charge in [0.05, 0.1) is 0 Å². The average molecular weight is 289 g/mol. The Kier molecular flexibility index (Phi) is 5.75. The molecule has 1 aromatic carbocycles. The Bertz CT molecular complexity index is 333. The first-order valence-electron chi connectivity index (χ1n) is 4.60. The molecule has 0 saturated heterocycles. The van der Waals surface area contributed by atoms with Crippen LogP contribution in [0.25, 0.3) is 0 Å². The highest BCUT2D eigenvalue weighted by Gasteiger charge is 1.99. The summed E-state index contributed by atoms with van der Waals surface area (Å²) in [5.41, 5.74) is 2.12. The standard InChI is InChI=1S/C10H13BrN2OS/c11-8-3-1-4-9(7-8)15-6-2-5-10(14)13-12/h1,3-4,7H,2,5-6,12H2,(H,13,14). The van der Waals surface area contributed by atoms with E-state index < -0.39 is 0 Å². The zero-order valence-electron chi connectivity index (χ0n) is 8.20. The van der Waals surface area contributed by atoms with E-state index in [1.165, 1.54) is 4.90 Å². The molecular formula is C10H13BrN2OS. The van der Waals surface area contributed by atoms with E-state index in [1.54, 1.807) is 11.8 Å². The molecule has 0 aliphatic carbocycles. The highest BCUT2D eigenvalue weighted by atomic mass is 79.9. The van der Waals surface area contributed by atoms with Gasteiger partial charge >= 0.3 is 0 Å². The fourth-order valence-electron chi connectivity index (χ4n) is 1.05. The second kappa shape index (κ2) is 6.87. The first-order chi connectivity index (χ1) is 7.22. The van der Waals surface area contributed by atoms with Gasteiger partial charge in [0, 0.05) is 15.8 Å². The second-order valence-corrected chi connectivity index (χ2v) is 5.06. The lowest BCUT2D eigenvalue weighted by atomic mass is 10.3. The minimum Gasteiger partial charge on any atom is -0.294 e. The topological polar surface area (TPSA) is 55.1 Å². The Morgan fingerprint density at radius 3 is 3.00 bits per heavy atom. The zero-order chi connectivity index (χ0) is 11.1. The summed E-state index contributed by atoms with van der Waals surface area (Å²) in [7, 11) is 0. The molecule has 1 aromatic rings. The SMILES string of the molecule is NNC(=O)CCCSc1cccc(Br)c1. The number of hydrogen-bond donors (Lipinski definition) is 2. The number of thioether (sulfide) groups is 1. The van der Waals surface area contributed by atoms with E-state index in [-0.39, 0.29) is 5.91 Å². The summed E-state index contributed by atoms with van der Waals surface area (Å²) in [6, 6.07) is 8.11. The van der Waals surface area contributed by atoms with E-state index in [0.717, 1.165) is 16.6 Å². The van der Waals surface area contributed by atoms with Crippen LogP contribution in [0.15, 0.2) is 33.6 Å². The lowest BCUT2D eigenvalue weighted by Gasteiger charge is -2.01. The van der Waals surface area contributed by atoms with Crippen molar-refractivity contribution in [3.8, 4) is 0 Å². The Morgan fingerprint density at radius 2 is 2.33 bits per heavy atom. The van der Waals surface area contributed by atoms with Crippen LogP contribution in [0, 0.1) is 0 Å². The lowest BCUT2D eigenvalue weighted by molar-refractivity contribution is -0.121. The van der Waals surface area contributed by atoms with Crippen LogP contribution in [0.1, 0.15) is 12.8 Å². The van der Waals surface area contributed by atoms with Crippen molar-refractivity contribution in [1.82, 2.24) is 5.43 Å². The molecule has 82 valence electrons. The molecule has 3 nitrogen and oxygen atoms in total. The Morgan fingerprint density at radius 1 is 1.53 bits per heavy atom. The largest absolute Gasteiger partial charge is 0.294 e. The van der Waals surface area contributed by atoms with Crippen LogP contribution in [0.5, 0.6) is 0 Å². The van der Waals surface area contributed by atoms with Crippen LogP contribution >= 0.6 is 27.7 Å². The van der Waals surface area contributed by atoms with Crippen molar-refractivity contribution in [2.24, 2.45) is 5.84 Å². The van der Waals surface area contributed by atoms with Crippen LogP contribution < -0.4 is 11.3 Å². The molecule has 0 aromatic heterocycles. The van der Waals surface area contributed by atoms with E-state index in [2.05, 4.69) is 33.5 Å².